The molecule has 0 radical (unpaired) electrons. The molecule has 21 heavy (non-hydrogen) atoms. The van der Waals surface area contributed by atoms with Crippen LogP contribution in [0.15, 0.2) is 21.5 Å². The van der Waals surface area contributed by atoms with Gasteiger partial charge in [0.05, 0.1) is 21.5 Å². The van der Waals surface area contributed by atoms with Crippen LogP contribution in [0.1, 0.15) is 24.2 Å². The molecule has 1 atom stereocenters. The minimum Gasteiger partial charge on any atom is -0.457 e. The zero-order valence-electron chi connectivity index (χ0n) is 11.4. The number of sulfonamides is 1. The molecule has 1 aromatic rings. The minimum absolute atomic E-state index is 0.184. The Labute approximate surface area is 130 Å². The van der Waals surface area contributed by atoms with E-state index >= 15 is 0 Å². The Kier molecular flexibility index (Phi) is 6.26. The molecule has 118 valence electrons. The highest BCUT2D eigenvalue weighted by Crippen LogP contribution is 2.26. The number of ether oxygens (including phenoxy) is 2. The molecule has 1 rings (SSSR count). The van der Waals surface area contributed by atoms with E-state index in [1.165, 1.54) is 0 Å². The van der Waals surface area contributed by atoms with Crippen LogP contribution in [0.2, 0.25) is 0 Å². The van der Waals surface area contributed by atoms with Crippen molar-refractivity contribution < 1.29 is 27.1 Å². The Morgan fingerprint density at radius 3 is 2.62 bits per heavy atom. The molecule has 1 aromatic carbocycles. The maximum absolute atomic E-state index is 13.7. The monoisotopic (exact) mass is 383 g/mol. The second kappa shape index (κ2) is 7.30. The van der Waals surface area contributed by atoms with E-state index in [9.17, 15) is 17.6 Å². The molecule has 0 bridgehead atoms. The lowest BCUT2D eigenvalue weighted by molar-refractivity contribution is 0.00433. The van der Waals surface area contributed by atoms with Crippen LogP contribution >= 0.6 is 15.9 Å². The van der Waals surface area contributed by atoms with Crippen LogP contribution in [0.3, 0.4) is 0 Å². The largest absolute Gasteiger partial charge is 0.457 e. The van der Waals surface area contributed by atoms with E-state index in [0.717, 1.165) is 12.1 Å². The van der Waals surface area contributed by atoms with Crippen LogP contribution in [0, 0.1) is 5.82 Å². The first kappa shape index (κ1) is 18.0. The average Bonchev–Trinajstić information content (AvgIpc) is 2.37. The fourth-order valence-electron chi connectivity index (χ4n) is 1.46. The summed E-state index contributed by atoms with van der Waals surface area (Å²) in [5.41, 5.74) is -0.247. The number of carbonyl (C=O) groups excluding carboxylic acids is 1. The molecule has 0 saturated carbocycles. The highest BCUT2D eigenvalue weighted by Gasteiger charge is 2.21. The van der Waals surface area contributed by atoms with Gasteiger partial charge in [-0.2, -0.15) is 0 Å². The van der Waals surface area contributed by atoms with E-state index < -0.39 is 32.8 Å². The molecule has 1 unspecified atom stereocenters. The minimum atomic E-state index is -4.17. The van der Waals surface area contributed by atoms with Crippen molar-refractivity contribution >= 4 is 31.9 Å². The van der Waals surface area contributed by atoms with Gasteiger partial charge in [-0.05, 0) is 41.9 Å². The van der Waals surface area contributed by atoms with Crippen molar-refractivity contribution in [1.82, 2.24) is 0 Å². The molecule has 0 aliphatic heterocycles. The van der Waals surface area contributed by atoms with E-state index in [2.05, 4.69) is 15.9 Å². The molecule has 0 spiro atoms. The lowest BCUT2D eigenvalue weighted by Crippen LogP contribution is -2.21. The highest BCUT2D eigenvalue weighted by atomic mass is 79.9. The molecule has 0 fully saturated rings. The van der Waals surface area contributed by atoms with Crippen molar-refractivity contribution in [2.75, 3.05) is 13.2 Å². The Hall–Kier alpha value is -1.03. The SMILES string of the molecule is CCOCC(C)OC(=O)c1cc(F)c(Br)c(S(N)(=O)=O)c1. The Morgan fingerprint density at radius 2 is 2.10 bits per heavy atom. The maximum Gasteiger partial charge on any atom is 0.338 e. The smallest absolute Gasteiger partial charge is 0.338 e. The molecule has 2 N–H and O–H groups in total. The Bertz CT molecular complexity index is 635. The molecule has 9 heteroatoms. The van der Waals surface area contributed by atoms with Gasteiger partial charge in [0, 0.05) is 6.61 Å². The van der Waals surface area contributed by atoms with Crippen LogP contribution in [0.25, 0.3) is 0 Å². The number of rotatable bonds is 6. The molecule has 0 aliphatic carbocycles. The number of primary sulfonamides is 1. The summed E-state index contributed by atoms with van der Waals surface area (Å²) in [6.45, 7) is 4.04. The third-order valence-corrected chi connectivity index (χ3v) is 4.41. The summed E-state index contributed by atoms with van der Waals surface area (Å²) < 4.78 is 46.1. The average molecular weight is 384 g/mol. The highest BCUT2D eigenvalue weighted by molar-refractivity contribution is 9.10. The number of hydrogen-bond acceptors (Lipinski definition) is 5. The van der Waals surface area contributed by atoms with E-state index in [-0.39, 0.29) is 16.6 Å². The van der Waals surface area contributed by atoms with Gasteiger partial charge >= 0.3 is 5.97 Å². The third kappa shape index (κ3) is 5.03. The van der Waals surface area contributed by atoms with Gasteiger partial charge in [0.25, 0.3) is 0 Å². The lowest BCUT2D eigenvalue weighted by Gasteiger charge is -2.13. The van der Waals surface area contributed by atoms with Crippen molar-refractivity contribution in [2.24, 2.45) is 5.14 Å². The molecular weight excluding hydrogens is 369 g/mol. The van der Waals surface area contributed by atoms with Gasteiger partial charge in [-0.1, -0.05) is 0 Å². The number of carbonyl (C=O) groups is 1. The van der Waals surface area contributed by atoms with Crippen molar-refractivity contribution in [2.45, 2.75) is 24.8 Å². The number of nitrogens with two attached hydrogens (primary N) is 1. The summed E-state index contributed by atoms with van der Waals surface area (Å²) in [5.74, 6) is -1.79. The molecule has 0 aromatic heterocycles. The normalized spacial score (nSPS) is 13.0. The number of hydrogen-bond donors (Lipinski definition) is 1. The van der Waals surface area contributed by atoms with Crippen LogP contribution in [0.4, 0.5) is 4.39 Å². The summed E-state index contributed by atoms with van der Waals surface area (Å²) >= 11 is 2.78. The summed E-state index contributed by atoms with van der Waals surface area (Å²) in [5, 5.41) is 4.97. The maximum atomic E-state index is 13.7. The van der Waals surface area contributed by atoms with E-state index in [4.69, 9.17) is 14.6 Å². The van der Waals surface area contributed by atoms with Crippen LogP contribution in [-0.4, -0.2) is 33.7 Å². The molecule has 0 heterocycles. The van der Waals surface area contributed by atoms with Gasteiger partial charge in [0.2, 0.25) is 10.0 Å². The van der Waals surface area contributed by atoms with Gasteiger partial charge in [0.15, 0.2) is 0 Å². The molecule has 0 saturated heterocycles. The second-order valence-electron chi connectivity index (χ2n) is 4.19. The Morgan fingerprint density at radius 1 is 1.48 bits per heavy atom. The fraction of sp³-hybridized carbons (Fsp3) is 0.417. The quantitative estimate of drug-likeness (QED) is 0.755. The van der Waals surface area contributed by atoms with Crippen molar-refractivity contribution in [3.63, 3.8) is 0 Å². The molecule has 6 nitrogen and oxygen atoms in total. The van der Waals surface area contributed by atoms with Crippen LogP contribution in [0.5, 0.6) is 0 Å². The predicted octanol–water partition coefficient (Wildman–Crippen LogP) is 1.82. The third-order valence-electron chi connectivity index (χ3n) is 2.40. The first-order chi connectivity index (χ1) is 9.66. The van der Waals surface area contributed by atoms with Gasteiger partial charge in [-0.15, -0.1) is 0 Å². The van der Waals surface area contributed by atoms with E-state index in [1.807, 2.05) is 0 Å². The van der Waals surface area contributed by atoms with Gasteiger partial charge < -0.3 is 9.47 Å². The number of halogens is 2. The van der Waals surface area contributed by atoms with Crippen molar-refractivity contribution in [3.8, 4) is 0 Å². The zero-order valence-corrected chi connectivity index (χ0v) is 13.8. The van der Waals surface area contributed by atoms with Gasteiger partial charge in [0.1, 0.15) is 11.9 Å². The zero-order chi connectivity index (χ0) is 16.2. The van der Waals surface area contributed by atoms with E-state index in [1.54, 1.807) is 13.8 Å². The summed E-state index contributed by atoms with van der Waals surface area (Å²) in [7, 11) is -4.17. The number of esters is 1. The summed E-state index contributed by atoms with van der Waals surface area (Å²) in [6, 6.07) is 1.83. The van der Waals surface area contributed by atoms with Gasteiger partial charge in [-0.3, -0.25) is 0 Å². The standard InChI is InChI=1S/C12H15BrFNO5S/c1-3-19-6-7(2)20-12(16)8-4-9(14)11(13)10(5-8)21(15,17)18/h4-5,7H,3,6H2,1-2H3,(H2,15,17,18). The number of benzene rings is 1. The predicted molar refractivity (Wildman–Crippen MR) is 76.8 cm³/mol. The van der Waals surface area contributed by atoms with Crippen LogP contribution < -0.4 is 5.14 Å². The first-order valence-corrected chi connectivity index (χ1v) is 8.31. The van der Waals surface area contributed by atoms with Crippen LogP contribution in [-0.2, 0) is 19.5 Å². The van der Waals surface area contributed by atoms with Crippen molar-refractivity contribution in [1.29, 1.82) is 0 Å². The second-order valence-corrected chi connectivity index (χ2v) is 6.51. The molecule has 0 amide bonds. The lowest BCUT2D eigenvalue weighted by atomic mass is 10.2. The molecule has 0 aliphatic rings. The van der Waals surface area contributed by atoms with Crippen molar-refractivity contribution in [3.05, 3.63) is 28.0 Å². The van der Waals surface area contributed by atoms with Gasteiger partial charge in [-0.25, -0.2) is 22.7 Å². The summed E-state index contributed by atoms with van der Waals surface area (Å²) in [6.07, 6.45) is -0.554. The fourth-order valence-corrected chi connectivity index (χ4v) is 3.00. The topological polar surface area (TPSA) is 95.7 Å². The van der Waals surface area contributed by atoms with E-state index in [0.29, 0.717) is 6.61 Å². The molecular formula is C12H15BrFNO5S. The first-order valence-electron chi connectivity index (χ1n) is 5.97. The summed E-state index contributed by atoms with van der Waals surface area (Å²) in [4.78, 5) is 11.3. The Balaban J connectivity index is 3.04.